The van der Waals surface area contributed by atoms with Crippen LogP contribution in [-0.2, 0) is 7.05 Å². The minimum atomic E-state index is 0.0372. The zero-order chi connectivity index (χ0) is 13.1. The number of aromatic nitrogens is 1. The van der Waals surface area contributed by atoms with Crippen molar-refractivity contribution < 1.29 is 0 Å². The van der Waals surface area contributed by atoms with E-state index in [-0.39, 0.29) is 5.56 Å². The zero-order valence-electron chi connectivity index (χ0n) is 11.5. The standard InChI is InChI=1S/C14H23N3O/c1-11(2)17-8-6-12(7-9-17)15-13-4-5-14(18)16(3)10-13/h4-5,10-12,15H,6-9H2,1-3H3. The maximum Gasteiger partial charge on any atom is 0.250 e. The number of piperidine rings is 1. The summed E-state index contributed by atoms with van der Waals surface area (Å²) in [4.78, 5) is 13.8. The molecule has 1 aliphatic heterocycles. The third-order valence-electron chi connectivity index (χ3n) is 3.72. The average Bonchev–Trinajstić information content (AvgIpc) is 2.34. The predicted molar refractivity (Wildman–Crippen MR) is 75.0 cm³/mol. The Hall–Kier alpha value is -1.29. The molecule has 0 aromatic carbocycles. The van der Waals surface area contributed by atoms with Crippen molar-refractivity contribution in [2.24, 2.45) is 7.05 Å². The highest BCUT2D eigenvalue weighted by Gasteiger charge is 2.20. The molecule has 0 bridgehead atoms. The first-order valence-electron chi connectivity index (χ1n) is 6.73. The Morgan fingerprint density at radius 3 is 2.50 bits per heavy atom. The summed E-state index contributed by atoms with van der Waals surface area (Å²) in [5.74, 6) is 0. The maximum atomic E-state index is 11.3. The first-order chi connectivity index (χ1) is 8.56. The molecule has 0 spiro atoms. The third kappa shape index (κ3) is 3.13. The van der Waals surface area contributed by atoms with Gasteiger partial charge in [0.1, 0.15) is 0 Å². The molecule has 0 aliphatic carbocycles. The highest BCUT2D eigenvalue weighted by Crippen LogP contribution is 2.17. The molecule has 1 saturated heterocycles. The highest BCUT2D eigenvalue weighted by molar-refractivity contribution is 5.41. The van der Waals surface area contributed by atoms with Gasteiger partial charge in [0.2, 0.25) is 5.56 Å². The first-order valence-corrected chi connectivity index (χ1v) is 6.73. The Labute approximate surface area is 109 Å². The van der Waals surface area contributed by atoms with Crippen LogP contribution in [0, 0.1) is 0 Å². The fourth-order valence-corrected chi connectivity index (χ4v) is 2.48. The topological polar surface area (TPSA) is 37.3 Å². The molecule has 2 heterocycles. The number of anilines is 1. The normalized spacial score (nSPS) is 18.2. The molecule has 2 rings (SSSR count). The quantitative estimate of drug-likeness (QED) is 0.885. The van der Waals surface area contributed by atoms with Gasteiger partial charge in [-0.3, -0.25) is 4.79 Å². The van der Waals surface area contributed by atoms with Crippen LogP contribution in [0.3, 0.4) is 0 Å². The van der Waals surface area contributed by atoms with E-state index >= 15 is 0 Å². The van der Waals surface area contributed by atoms with Gasteiger partial charge in [-0.25, -0.2) is 0 Å². The monoisotopic (exact) mass is 249 g/mol. The van der Waals surface area contributed by atoms with E-state index in [0.717, 1.165) is 18.8 Å². The van der Waals surface area contributed by atoms with Gasteiger partial charge in [0.25, 0.3) is 0 Å². The SMILES string of the molecule is CC(C)N1CCC(Nc2ccc(=O)n(C)c2)CC1. The van der Waals surface area contributed by atoms with E-state index in [0.29, 0.717) is 12.1 Å². The summed E-state index contributed by atoms with van der Waals surface area (Å²) in [6, 6.07) is 4.66. The van der Waals surface area contributed by atoms with Crippen LogP contribution in [0.25, 0.3) is 0 Å². The summed E-state index contributed by atoms with van der Waals surface area (Å²) in [6.45, 7) is 6.81. The molecule has 1 aliphatic rings. The Bertz CT molecular complexity index is 445. The van der Waals surface area contributed by atoms with E-state index in [9.17, 15) is 4.79 Å². The molecule has 1 aromatic heterocycles. The molecule has 4 nitrogen and oxygen atoms in total. The van der Waals surface area contributed by atoms with Crippen molar-refractivity contribution in [3.8, 4) is 0 Å². The molecular weight excluding hydrogens is 226 g/mol. The summed E-state index contributed by atoms with van der Waals surface area (Å²) in [6.07, 6.45) is 4.21. The van der Waals surface area contributed by atoms with Crippen LogP contribution in [0.5, 0.6) is 0 Å². The molecule has 18 heavy (non-hydrogen) atoms. The number of rotatable bonds is 3. The smallest absolute Gasteiger partial charge is 0.250 e. The lowest BCUT2D eigenvalue weighted by molar-refractivity contribution is 0.177. The van der Waals surface area contributed by atoms with E-state index in [1.807, 2.05) is 12.3 Å². The van der Waals surface area contributed by atoms with Crippen LogP contribution in [0.1, 0.15) is 26.7 Å². The number of aryl methyl sites for hydroxylation is 1. The van der Waals surface area contributed by atoms with Crippen LogP contribution in [-0.4, -0.2) is 34.6 Å². The summed E-state index contributed by atoms with van der Waals surface area (Å²) in [5.41, 5.74) is 1.08. The van der Waals surface area contributed by atoms with Crippen molar-refractivity contribution in [2.75, 3.05) is 18.4 Å². The van der Waals surface area contributed by atoms with Gasteiger partial charge < -0.3 is 14.8 Å². The molecule has 1 fully saturated rings. The fourth-order valence-electron chi connectivity index (χ4n) is 2.48. The summed E-state index contributed by atoms with van der Waals surface area (Å²) < 4.78 is 1.62. The third-order valence-corrected chi connectivity index (χ3v) is 3.72. The lowest BCUT2D eigenvalue weighted by Gasteiger charge is -2.35. The second-order valence-corrected chi connectivity index (χ2v) is 5.42. The summed E-state index contributed by atoms with van der Waals surface area (Å²) >= 11 is 0. The van der Waals surface area contributed by atoms with Crippen LogP contribution >= 0.6 is 0 Å². The Morgan fingerprint density at radius 1 is 1.28 bits per heavy atom. The number of likely N-dealkylation sites (tertiary alicyclic amines) is 1. The molecule has 1 aromatic rings. The molecule has 100 valence electrons. The summed E-state index contributed by atoms with van der Waals surface area (Å²) in [5, 5.41) is 3.52. The minimum Gasteiger partial charge on any atom is -0.381 e. The highest BCUT2D eigenvalue weighted by atomic mass is 16.1. The second-order valence-electron chi connectivity index (χ2n) is 5.42. The summed E-state index contributed by atoms with van der Waals surface area (Å²) in [7, 11) is 1.79. The average molecular weight is 249 g/mol. The van der Waals surface area contributed by atoms with Gasteiger partial charge in [0.05, 0.1) is 5.69 Å². The molecule has 0 amide bonds. The molecule has 4 heteroatoms. The van der Waals surface area contributed by atoms with Crippen LogP contribution in [0.15, 0.2) is 23.1 Å². The molecule has 0 unspecified atom stereocenters. The van der Waals surface area contributed by atoms with Crippen LogP contribution < -0.4 is 10.9 Å². The van der Waals surface area contributed by atoms with E-state index < -0.39 is 0 Å². The van der Waals surface area contributed by atoms with Crippen molar-refractivity contribution in [3.63, 3.8) is 0 Å². The van der Waals surface area contributed by atoms with E-state index in [1.165, 1.54) is 12.8 Å². The van der Waals surface area contributed by atoms with Crippen molar-refractivity contribution in [1.82, 2.24) is 9.47 Å². The predicted octanol–water partition coefficient (Wildman–Crippen LogP) is 1.67. The second kappa shape index (κ2) is 5.57. The Morgan fingerprint density at radius 2 is 1.94 bits per heavy atom. The van der Waals surface area contributed by atoms with Crippen LogP contribution in [0.4, 0.5) is 5.69 Å². The van der Waals surface area contributed by atoms with Crippen molar-refractivity contribution in [2.45, 2.75) is 38.8 Å². The number of nitrogens with zero attached hydrogens (tertiary/aromatic N) is 2. The fraction of sp³-hybridized carbons (Fsp3) is 0.643. The van der Waals surface area contributed by atoms with Gasteiger partial charge in [-0.05, 0) is 32.8 Å². The van der Waals surface area contributed by atoms with Gasteiger partial charge >= 0.3 is 0 Å². The number of hydrogen-bond acceptors (Lipinski definition) is 3. The Kier molecular flexibility index (Phi) is 4.07. The van der Waals surface area contributed by atoms with Gasteiger partial charge in [-0.2, -0.15) is 0 Å². The minimum absolute atomic E-state index is 0.0372. The largest absolute Gasteiger partial charge is 0.381 e. The molecule has 0 atom stereocenters. The number of nitrogens with one attached hydrogen (secondary N) is 1. The first kappa shape index (κ1) is 13.1. The van der Waals surface area contributed by atoms with Gasteiger partial charge in [0.15, 0.2) is 0 Å². The van der Waals surface area contributed by atoms with E-state index in [4.69, 9.17) is 0 Å². The number of pyridine rings is 1. The zero-order valence-corrected chi connectivity index (χ0v) is 11.5. The number of hydrogen-bond donors (Lipinski definition) is 1. The van der Waals surface area contributed by atoms with Gasteiger partial charge in [-0.1, -0.05) is 0 Å². The van der Waals surface area contributed by atoms with E-state index in [1.54, 1.807) is 17.7 Å². The van der Waals surface area contributed by atoms with Gasteiger partial charge in [0, 0.05) is 44.5 Å². The van der Waals surface area contributed by atoms with Crippen LogP contribution in [0.2, 0.25) is 0 Å². The van der Waals surface area contributed by atoms with E-state index in [2.05, 4.69) is 24.1 Å². The Balaban J connectivity index is 1.91. The molecule has 1 N–H and O–H groups in total. The van der Waals surface area contributed by atoms with Gasteiger partial charge in [-0.15, -0.1) is 0 Å². The maximum absolute atomic E-state index is 11.3. The lowest BCUT2D eigenvalue weighted by atomic mass is 10.0. The molecular formula is C14H23N3O. The molecule has 0 radical (unpaired) electrons. The van der Waals surface area contributed by atoms with Crippen molar-refractivity contribution >= 4 is 5.69 Å². The van der Waals surface area contributed by atoms with Crippen molar-refractivity contribution in [3.05, 3.63) is 28.7 Å². The lowest BCUT2D eigenvalue weighted by Crippen LogP contribution is -2.42. The molecule has 0 saturated carbocycles. The van der Waals surface area contributed by atoms with Crippen molar-refractivity contribution in [1.29, 1.82) is 0 Å².